The molecule has 1 aliphatic carbocycles. The van der Waals surface area contributed by atoms with Crippen LogP contribution in [0.15, 0.2) is 29.2 Å². The molecule has 0 bridgehead atoms. The quantitative estimate of drug-likeness (QED) is 0.546. The molecular formula is C22H24O3S. The maximum atomic E-state index is 13.2. The van der Waals surface area contributed by atoms with E-state index in [1.54, 1.807) is 6.07 Å². The molecule has 136 valence electrons. The maximum absolute atomic E-state index is 13.2. The minimum Gasteiger partial charge on any atom is -0.507 e. The van der Waals surface area contributed by atoms with Crippen LogP contribution < -0.4 is 0 Å². The molecule has 0 spiro atoms. The molecule has 2 aromatic rings. The summed E-state index contributed by atoms with van der Waals surface area (Å²) < 4.78 is 0. The third-order valence-corrected chi connectivity index (χ3v) is 5.25. The van der Waals surface area contributed by atoms with Crippen LogP contribution in [0.2, 0.25) is 0 Å². The summed E-state index contributed by atoms with van der Waals surface area (Å²) in [5, 5.41) is 10.2. The lowest BCUT2D eigenvalue weighted by Gasteiger charge is -2.32. The van der Waals surface area contributed by atoms with Crippen molar-refractivity contribution in [1.82, 2.24) is 0 Å². The molecule has 3 rings (SSSR count). The average molecular weight is 368 g/mol. The molecule has 1 N–H and O–H groups in total. The smallest absolute Gasteiger partial charge is 0.198 e. The number of thiol groups is 1. The Bertz CT molecular complexity index is 879. The first kappa shape index (κ1) is 18.7. The van der Waals surface area contributed by atoms with Crippen LogP contribution in [-0.2, 0) is 10.8 Å². The number of hydrogen-bond acceptors (Lipinski definition) is 4. The Morgan fingerprint density at radius 3 is 1.62 bits per heavy atom. The van der Waals surface area contributed by atoms with Gasteiger partial charge in [0, 0.05) is 16.0 Å². The first-order valence-corrected chi connectivity index (χ1v) is 9.12. The van der Waals surface area contributed by atoms with Crippen molar-refractivity contribution in [2.45, 2.75) is 57.3 Å². The van der Waals surface area contributed by atoms with Crippen molar-refractivity contribution in [2.75, 3.05) is 0 Å². The zero-order valence-corrected chi connectivity index (χ0v) is 16.9. The Morgan fingerprint density at radius 1 is 0.769 bits per heavy atom. The van der Waals surface area contributed by atoms with E-state index in [-0.39, 0.29) is 39.3 Å². The molecule has 0 radical (unpaired) electrons. The second kappa shape index (κ2) is 5.71. The standard InChI is InChI=1S/C22H24O3S/c1-21(2,3)13-9-11-12(10-14(13)22(4,5)6)20(25)18-16(26)8-7-15(23)17(18)19(11)24/h7-10,23,26H,1-6H3. The molecule has 3 nitrogen and oxygen atoms in total. The zero-order valence-electron chi connectivity index (χ0n) is 16.0. The molecule has 0 aromatic heterocycles. The third-order valence-electron chi connectivity index (χ3n) is 4.88. The van der Waals surface area contributed by atoms with Crippen LogP contribution >= 0.6 is 12.6 Å². The summed E-state index contributed by atoms with van der Waals surface area (Å²) in [6.07, 6.45) is 0. The molecule has 0 atom stereocenters. The molecular weight excluding hydrogens is 344 g/mol. The van der Waals surface area contributed by atoms with Gasteiger partial charge < -0.3 is 5.11 Å². The highest BCUT2D eigenvalue weighted by Crippen LogP contribution is 2.41. The molecule has 0 fully saturated rings. The number of aromatic hydroxyl groups is 1. The van der Waals surface area contributed by atoms with Crippen LogP contribution in [0.4, 0.5) is 0 Å². The topological polar surface area (TPSA) is 54.4 Å². The number of carbonyl (C=O) groups excluding carboxylic acids is 2. The monoisotopic (exact) mass is 368 g/mol. The SMILES string of the molecule is CC(C)(C)c1cc2c(cc1C(C)(C)C)C(=O)c1c(S)ccc(O)c1C2=O. The summed E-state index contributed by atoms with van der Waals surface area (Å²) in [7, 11) is 0. The highest BCUT2D eigenvalue weighted by molar-refractivity contribution is 7.80. The molecule has 1 aliphatic rings. The lowest BCUT2D eigenvalue weighted by molar-refractivity contribution is 0.0974. The van der Waals surface area contributed by atoms with Gasteiger partial charge >= 0.3 is 0 Å². The van der Waals surface area contributed by atoms with Crippen molar-refractivity contribution in [3.63, 3.8) is 0 Å². The summed E-state index contributed by atoms with van der Waals surface area (Å²) in [5.74, 6) is -0.769. The minimum absolute atomic E-state index is 0.0540. The highest BCUT2D eigenvalue weighted by atomic mass is 32.1. The molecule has 0 saturated carbocycles. The molecule has 0 aliphatic heterocycles. The summed E-state index contributed by atoms with van der Waals surface area (Å²) >= 11 is 4.34. The summed E-state index contributed by atoms with van der Waals surface area (Å²) in [5.41, 5.74) is 2.71. The Morgan fingerprint density at radius 2 is 1.19 bits per heavy atom. The zero-order chi connectivity index (χ0) is 19.6. The largest absolute Gasteiger partial charge is 0.507 e. The fourth-order valence-electron chi connectivity index (χ4n) is 3.53. The number of phenolic OH excluding ortho intramolecular Hbond substituents is 1. The van der Waals surface area contributed by atoms with Gasteiger partial charge in [-0.15, -0.1) is 12.6 Å². The predicted molar refractivity (Wildman–Crippen MR) is 106 cm³/mol. The number of carbonyl (C=O) groups is 2. The lowest BCUT2D eigenvalue weighted by Crippen LogP contribution is -2.27. The van der Waals surface area contributed by atoms with Crippen molar-refractivity contribution in [1.29, 1.82) is 0 Å². The predicted octanol–water partition coefficient (Wildman–Crippen LogP) is 5.05. The van der Waals surface area contributed by atoms with Crippen LogP contribution in [0.5, 0.6) is 5.75 Å². The molecule has 0 unspecified atom stereocenters. The number of benzene rings is 2. The van der Waals surface area contributed by atoms with Crippen molar-refractivity contribution in [3.8, 4) is 5.75 Å². The average Bonchev–Trinajstić information content (AvgIpc) is 2.51. The van der Waals surface area contributed by atoms with Gasteiger partial charge in [0.2, 0.25) is 0 Å². The Kier molecular flexibility index (Phi) is 4.11. The van der Waals surface area contributed by atoms with Crippen LogP contribution in [0.3, 0.4) is 0 Å². The first-order valence-electron chi connectivity index (χ1n) is 8.67. The molecule has 0 heterocycles. The van der Waals surface area contributed by atoms with Gasteiger partial charge in [-0.05, 0) is 46.2 Å². The Balaban J connectivity index is 2.39. The van der Waals surface area contributed by atoms with Crippen LogP contribution in [-0.4, -0.2) is 16.7 Å². The fourth-order valence-corrected chi connectivity index (χ4v) is 3.81. The summed E-state index contributed by atoms with van der Waals surface area (Å²) in [4.78, 5) is 26.7. The van der Waals surface area contributed by atoms with E-state index in [9.17, 15) is 14.7 Å². The van der Waals surface area contributed by atoms with Gasteiger partial charge in [0.1, 0.15) is 5.75 Å². The molecule has 4 heteroatoms. The van der Waals surface area contributed by atoms with Crippen LogP contribution in [0.1, 0.15) is 84.5 Å². The van der Waals surface area contributed by atoms with Gasteiger partial charge in [-0.2, -0.15) is 0 Å². The second-order valence-corrected chi connectivity index (χ2v) is 9.44. The number of phenols is 1. The van der Waals surface area contributed by atoms with E-state index < -0.39 is 0 Å². The van der Waals surface area contributed by atoms with Gasteiger partial charge in [-0.3, -0.25) is 9.59 Å². The van der Waals surface area contributed by atoms with E-state index in [0.29, 0.717) is 16.0 Å². The van der Waals surface area contributed by atoms with E-state index in [1.807, 2.05) is 12.1 Å². The van der Waals surface area contributed by atoms with Gasteiger partial charge in [0.15, 0.2) is 11.6 Å². The summed E-state index contributed by atoms with van der Waals surface area (Å²) in [6.45, 7) is 12.6. The highest BCUT2D eigenvalue weighted by Gasteiger charge is 2.37. The molecule has 26 heavy (non-hydrogen) atoms. The van der Waals surface area contributed by atoms with E-state index in [0.717, 1.165) is 11.1 Å². The van der Waals surface area contributed by atoms with Crippen LogP contribution in [0.25, 0.3) is 0 Å². The first-order chi connectivity index (χ1) is 11.8. The van der Waals surface area contributed by atoms with E-state index >= 15 is 0 Å². The molecule has 0 saturated heterocycles. The van der Waals surface area contributed by atoms with E-state index in [2.05, 4.69) is 54.2 Å². The second-order valence-electron chi connectivity index (χ2n) is 8.96. The van der Waals surface area contributed by atoms with Crippen molar-refractivity contribution in [2.24, 2.45) is 0 Å². The van der Waals surface area contributed by atoms with Gasteiger partial charge in [0.05, 0.1) is 11.1 Å². The van der Waals surface area contributed by atoms with E-state index in [1.165, 1.54) is 6.07 Å². The maximum Gasteiger partial charge on any atom is 0.198 e. The summed E-state index contributed by atoms with van der Waals surface area (Å²) in [6, 6.07) is 6.65. The third kappa shape index (κ3) is 2.77. The normalized spacial score (nSPS) is 14.3. The Labute approximate surface area is 159 Å². The molecule has 0 amide bonds. The van der Waals surface area contributed by atoms with Gasteiger partial charge in [-0.25, -0.2) is 0 Å². The number of ketones is 2. The Hall–Kier alpha value is -2.07. The van der Waals surface area contributed by atoms with Gasteiger partial charge in [0.25, 0.3) is 0 Å². The van der Waals surface area contributed by atoms with E-state index in [4.69, 9.17) is 0 Å². The van der Waals surface area contributed by atoms with Crippen molar-refractivity contribution < 1.29 is 14.7 Å². The fraction of sp³-hybridized carbons (Fsp3) is 0.364. The number of fused-ring (bicyclic) bond motifs is 2. The van der Waals surface area contributed by atoms with Gasteiger partial charge in [-0.1, -0.05) is 41.5 Å². The number of hydrogen-bond donors (Lipinski definition) is 2. The lowest BCUT2D eigenvalue weighted by atomic mass is 9.71. The van der Waals surface area contributed by atoms with Crippen LogP contribution in [0, 0.1) is 0 Å². The molecule has 2 aromatic carbocycles. The number of rotatable bonds is 0. The van der Waals surface area contributed by atoms with Crippen molar-refractivity contribution >= 4 is 24.2 Å². The minimum atomic E-state index is -0.325. The van der Waals surface area contributed by atoms with Crippen molar-refractivity contribution in [3.05, 3.63) is 57.6 Å².